The summed E-state index contributed by atoms with van der Waals surface area (Å²) in [6.07, 6.45) is 1.98. The van der Waals surface area contributed by atoms with E-state index in [1.54, 1.807) is 0 Å². The summed E-state index contributed by atoms with van der Waals surface area (Å²) in [6, 6.07) is 9.84. The monoisotopic (exact) mass is 209 g/mol. The van der Waals surface area contributed by atoms with Gasteiger partial charge in [-0.25, -0.2) is 5.48 Å². The molecule has 0 aliphatic heterocycles. The number of hydrogen-bond donors (Lipinski definition) is 1. The second-order valence-electron chi connectivity index (χ2n) is 3.26. The summed E-state index contributed by atoms with van der Waals surface area (Å²) in [5, 5.41) is 0. The Labute approximate surface area is 91.4 Å². The maximum Gasteiger partial charge on any atom is 0.119 e. The second-order valence-corrected chi connectivity index (χ2v) is 3.26. The highest BCUT2D eigenvalue weighted by Gasteiger charge is 1.91. The van der Waals surface area contributed by atoms with Gasteiger partial charge in [-0.1, -0.05) is 25.1 Å². The molecule has 3 nitrogen and oxygen atoms in total. The molecule has 0 unspecified atom stereocenters. The Bertz CT molecular complexity index is 239. The van der Waals surface area contributed by atoms with E-state index in [0.29, 0.717) is 6.61 Å². The number of rotatable bonds is 8. The lowest BCUT2D eigenvalue weighted by molar-refractivity contribution is 0.0390. The molecule has 0 saturated heterocycles. The van der Waals surface area contributed by atoms with Crippen LogP contribution in [-0.4, -0.2) is 19.8 Å². The van der Waals surface area contributed by atoms with Crippen LogP contribution in [0.2, 0.25) is 0 Å². The molecule has 0 aliphatic carbocycles. The van der Waals surface area contributed by atoms with Gasteiger partial charge in [-0.2, -0.15) is 0 Å². The summed E-state index contributed by atoms with van der Waals surface area (Å²) < 4.78 is 5.52. The van der Waals surface area contributed by atoms with Crippen LogP contribution in [0, 0.1) is 0 Å². The van der Waals surface area contributed by atoms with E-state index in [-0.39, 0.29) is 0 Å². The molecule has 0 spiro atoms. The maximum atomic E-state index is 5.52. The van der Waals surface area contributed by atoms with Gasteiger partial charge in [0.05, 0.1) is 13.2 Å². The minimum Gasteiger partial charge on any atom is -0.494 e. The highest BCUT2D eigenvalue weighted by atomic mass is 16.6. The number of benzene rings is 1. The van der Waals surface area contributed by atoms with Crippen molar-refractivity contribution in [1.82, 2.24) is 5.48 Å². The molecule has 3 heteroatoms. The molecule has 0 aromatic heterocycles. The quantitative estimate of drug-likeness (QED) is 0.526. The van der Waals surface area contributed by atoms with Crippen molar-refractivity contribution in [3.05, 3.63) is 30.3 Å². The predicted octanol–water partition coefficient (Wildman–Crippen LogP) is 2.39. The SMILES string of the molecule is CCCONCCCOc1ccccc1. The van der Waals surface area contributed by atoms with Crippen molar-refractivity contribution < 1.29 is 9.57 Å². The molecule has 0 atom stereocenters. The van der Waals surface area contributed by atoms with Gasteiger partial charge < -0.3 is 9.57 Å². The van der Waals surface area contributed by atoms with Crippen LogP contribution in [-0.2, 0) is 4.84 Å². The van der Waals surface area contributed by atoms with Crippen LogP contribution in [0.5, 0.6) is 5.75 Å². The van der Waals surface area contributed by atoms with Crippen LogP contribution in [0.3, 0.4) is 0 Å². The third-order valence-corrected chi connectivity index (χ3v) is 1.84. The molecule has 1 rings (SSSR count). The first-order valence-corrected chi connectivity index (χ1v) is 5.46. The highest BCUT2D eigenvalue weighted by Crippen LogP contribution is 2.07. The van der Waals surface area contributed by atoms with Gasteiger partial charge in [-0.3, -0.25) is 0 Å². The number of ether oxygens (including phenoxy) is 1. The van der Waals surface area contributed by atoms with Crippen LogP contribution in [0.1, 0.15) is 19.8 Å². The molecule has 15 heavy (non-hydrogen) atoms. The van der Waals surface area contributed by atoms with E-state index in [1.807, 2.05) is 30.3 Å². The Morgan fingerprint density at radius 2 is 1.93 bits per heavy atom. The van der Waals surface area contributed by atoms with E-state index >= 15 is 0 Å². The molecule has 0 aliphatic rings. The van der Waals surface area contributed by atoms with Crippen LogP contribution < -0.4 is 10.2 Å². The Balaban J connectivity index is 1.93. The third-order valence-electron chi connectivity index (χ3n) is 1.84. The largest absolute Gasteiger partial charge is 0.494 e. The zero-order valence-electron chi connectivity index (χ0n) is 9.24. The van der Waals surface area contributed by atoms with Crippen molar-refractivity contribution in [1.29, 1.82) is 0 Å². The van der Waals surface area contributed by atoms with Crippen molar-refractivity contribution >= 4 is 0 Å². The molecule has 1 aromatic carbocycles. The van der Waals surface area contributed by atoms with Gasteiger partial charge in [0.2, 0.25) is 0 Å². The molecular weight excluding hydrogens is 190 g/mol. The van der Waals surface area contributed by atoms with Crippen molar-refractivity contribution in [2.24, 2.45) is 0 Å². The van der Waals surface area contributed by atoms with Gasteiger partial charge in [-0.05, 0) is 25.0 Å². The standard InChI is InChI=1S/C12H19NO2/c1-2-10-15-13-9-6-11-14-12-7-4-3-5-8-12/h3-5,7-8,13H,2,6,9-11H2,1H3. The van der Waals surface area contributed by atoms with E-state index in [0.717, 1.165) is 31.7 Å². The average molecular weight is 209 g/mol. The predicted molar refractivity (Wildman–Crippen MR) is 60.8 cm³/mol. The first kappa shape index (κ1) is 12.0. The van der Waals surface area contributed by atoms with Crippen LogP contribution >= 0.6 is 0 Å². The highest BCUT2D eigenvalue weighted by molar-refractivity contribution is 5.20. The Morgan fingerprint density at radius 3 is 2.67 bits per heavy atom. The van der Waals surface area contributed by atoms with Gasteiger partial charge in [0.1, 0.15) is 5.75 Å². The fraction of sp³-hybridized carbons (Fsp3) is 0.500. The summed E-state index contributed by atoms with van der Waals surface area (Å²) in [7, 11) is 0. The third kappa shape index (κ3) is 6.10. The minimum absolute atomic E-state index is 0.715. The number of hydroxylamine groups is 1. The van der Waals surface area contributed by atoms with Crippen molar-refractivity contribution in [2.45, 2.75) is 19.8 Å². The van der Waals surface area contributed by atoms with Gasteiger partial charge in [0.25, 0.3) is 0 Å². The zero-order valence-corrected chi connectivity index (χ0v) is 9.24. The lowest BCUT2D eigenvalue weighted by Crippen LogP contribution is -2.18. The number of para-hydroxylation sites is 1. The zero-order chi connectivity index (χ0) is 10.8. The molecule has 0 fully saturated rings. The first-order valence-electron chi connectivity index (χ1n) is 5.46. The molecule has 1 N–H and O–H groups in total. The number of hydrogen-bond acceptors (Lipinski definition) is 3. The van der Waals surface area contributed by atoms with Gasteiger partial charge in [0.15, 0.2) is 0 Å². The number of nitrogens with one attached hydrogen (secondary N) is 1. The molecule has 1 aromatic rings. The lowest BCUT2D eigenvalue weighted by atomic mass is 10.3. The molecule has 0 saturated carbocycles. The van der Waals surface area contributed by atoms with Crippen LogP contribution in [0.4, 0.5) is 0 Å². The summed E-state index contributed by atoms with van der Waals surface area (Å²) >= 11 is 0. The molecule has 0 amide bonds. The van der Waals surface area contributed by atoms with Crippen molar-refractivity contribution in [3.8, 4) is 5.75 Å². The molecule has 84 valence electrons. The average Bonchev–Trinajstić information content (AvgIpc) is 2.29. The Kier molecular flexibility index (Phi) is 6.62. The fourth-order valence-corrected chi connectivity index (χ4v) is 1.10. The summed E-state index contributed by atoms with van der Waals surface area (Å²) in [5.41, 5.74) is 2.89. The first-order chi connectivity index (χ1) is 7.43. The second kappa shape index (κ2) is 8.26. The molecule has 0 heterocycles. The van der Waals surface area contributed by atoms with Crippen molar-refractivity contribution in [3.63, 3.8) is 0 Å². The van der Waals surface area contributed by atoms with Crippen LogP contribution in [0.25, 0.3) is 0 Å². The van der Waals surface area contributed by atoms with Crippen LogP contribution in [0.15, 0.2) is 30.3 Å². The van der Waals surface area contributed by atoms with E-state index in [2.05, 4.69) is 12.4 Å². The van der Waals surface area contributed by atoms with E-state index < -0.39 is 0 Å². The Hall–Kier alpha value is -1.06. The molecule has 0 bridgehead atoms. The molecular formula is C12H19NO2. The summed E-state index contributed by atoms with van der Waals surface area (Å²) in [6.45, 7) is 4.39. The fourth-order valence-electron chi connectivity index (χ4n) is 1.10. The normalized spacial score (nSPS) is 10.2. The van der Waals surface area contributed by atoms with Gasteiger partial charge in [-0.15, -0.1) is 0 Å². The topological polar surface area (TPSA) is 30.5 Å². The Morgan fingerprint density at radius 1 is 1.13 bits per heavy atom. The lowest BCUT2D eigenvalue weighted by Gasteiger charge is -2.06. The summed E-state index contributed by atoms with van der Waals surface area (Å²) in [5.74, 6) is 0.923. The van der Waals surface area contributed by atoms with E-state index in [4.69, 9.17) is 9.57 Å². The van der Waals surface area contributed by atoms with Gasteiger partial charge in [0, 0.05) is 6.54 Å². The maximum absolute atomic E-state index is 5.52. The smallest absolute Gasteiger partial charge is 0.119 e. The van der Waals surface area contributed by atoms with Crippen molar-refractivity contribution in [2.75, 3.05) is 19.8 Å². The minimum atomic E-state index is 0.715. The summed E-state index contributed by atoms with van der Waals surface area (Å²) in [4.78, 5) is 5.13. The van der Waals surface area contributed by atoms with E-state index in [1.165, 1.54) is 0 Å². The van der Waals surface area contributed by atoms with Gasteiger partial charge >= 0.3 is 0 Å². The van der Waals surface area contributed by atoms with E-state index in [9.17, 15) is 0 Å². The molecule has 0 radical (unpaired) electrons.